The van der Waals surface area contributed by atoms with Gasteiger partial charge in [-0.15, -0.1) is 0 Å². The number of hydrogen-bond acceptors (Lipinski definition) is 3. The molecule has 0 aliphatic carbocycles. The summed E-state index contributed by atoms with van der Waals surface area (Å²) in [6, 6.07) is 15.5. The summed E-state index contributed by atoms with van der Waals surface area (Å²) in [6.45, 7) is 0.302. The van der Waals surface area contributed by atoms with E-state index in [0.717, 1.165) is 16.9 Å². The molecule has 0 bridgehead atoms. The predicted octanol–water partition coefficient (Wildman–Crippen LogP) is 3.36. The van der Waals surface area contributed by atoms with Crippen LogP contribution in [0.3, 0.4) is 0 Å². The average molecular weight is 349 g/mol. The van der Waals surface area contributed by atoms with E-state index in [0.29, 0.717) is 17.8 Å². The van der Waals surface area contributed by atoms with Crippen molar-refractivity contribution in [3.05, 3.63) is 88.7 Å². The molecule has 4 rings (SSSR count). The maximum absolute atomic E-state index is 13.4. The Bertz CT molecular complexity index is 1130. The Morgan fingerprint density at radius 2 is 1.88 bits per heavy atom. The van der Waals surface area contributed by atoms with E-state index >= 15 is 0 Å². The predicted molar refractivity (Wildman–Crippen MR) is 96.9 cm³/mol. The standard InChI is InChI=1S/C20H16FN3O2/c1-26-17-7-5-15(6-8-17)18-12-19-20(25)23(9-10-24(19)22-18)13-14-3-2-4-16(21)11-14/h2-12H,13H2,1H3. The normalized spacial score (nSPS) is 11.0. The lowest BCUT2D eigenvalue weighted by Crippen LogP contribution is -2.21. The van der Waals surface area contributed by atoms with Gasteiger partial charge in [0.25, 0.3) is 5.56 Å². The maximum atomic E-state index is 13.4. The van der Waals surface area contributed by atoms with Crippen LogP contribution in [0.25, 0.3) is 16.8 Å². The van der Waals surface area contributed by atoms with Gasteiger partial charge in [-0.3, -0.25) is 4.79 Å². The molecular formula is C20H16FN3O2. The summed E-state index contributed by atoms with van der Waals surface area (Å²) in [5.74, 6) is 0.442. The van der Waals surface area contributed by atoms with E-state index in [2.05, 4.69) is 5.10 Å². The van der Waals surface area contributed by atoms with Crippen LogP contribution in [-0.4, -0.2) is 21.3 Å². The fourth-order valence-corrected chi connectivity index (χ4v) is 2.89. The van der Waals surface area contributed by atoms with Crippen molar-refractivity contribution in [2.75, 3.05) is 7.11 Å². The molecule has 2 heterocycles. The van der Waals surface area contributed by atoms with Gasteiger partial charge in [-0.05, 0) is 48.0 Å². The summed E-state index contributed by atoms with van der Waals surface area (Å²) in [5.41, 5.74) is 2.61. The average Bonchev–Trinajstić information content (AvgIpc) is 3.09. The van der Waals surface area contributed by atoms with Gasteiger partial charge in [0.15, 0.2) is 0 Å². The fraction of sp³-hybridized carbons (Fsp3) is 0.100. The molecule has 0 radical (unpaired) electrons. The van der Waals surface area contributed by atoms with E-state index in [1.807, 2.05) is 24.3 Å². The fourth-order valence-electron chi connectivity index (χ4n) is 2.89. The zero-order valence-corrected chi connectivity index (χ0v) is 14.1. The highest BCUT2D eigenvalue weighted by atomic mass is 19.1. The topological polar surface area (TPSA) is 48.5 Å². The van der Waals surface area contributed by atoms with Gasteiger partial charge in [0.2, 0.25) is 0 Å². The number of fused-ring (bicyclic) bond motifs is 1. The Balaban J connectivity index is 1.72. The van der Waals surface area contributed by atoms with Gasteiger partial charge >= 0.3 is 0 Å². The van der Waals surface area contributed by atoms with E-state index < -0.39 is 0 Å². The molecule has 0 unspecified atom stereocenters. The first-order valence-corrected chi connectivity index (χ1v) is 8.12. The van der Waals surface area contributed by atoms with Crippen LogP contribution >= 0.6 is 0 Å². The molecule has 130 valence electrons. The van der Waals surface area contributed by atoms with Crippen molar-refractivity contribution in [1.82, 2.24) is 14.2 Å². The summed E-state index contributed by atoms with van der Waals surface area (Å²) in [6.07, 6.45) is 3.38. The molecule has 0 aliphatic rings. The number of aromatic nitrogens is 3. The minimum atomic E-state index is -0.317. The molecule has 6 heteroatoms. The first-order valence-electron chi connectivity index (χ1n) is 8.12. The van der Waals surface area contributed by atoms with Crippen molar-refractivity contribution in [1.29, 1.82) is 0 Å². The molecule has 0 amide bonds. The zero-order valence-electron chi connectivity index (χ0n) is 14.1. The second-order valence-electron chi connectivity index (χ2n) is 5.95. The zero-order chi connectivity index (χ0) is 18.1. The number of benzene rings is 2. The minimum absolute atomic E-state index is 0.177. The molecule has 2 aromatic heterocycles. The number of methoxy groups -OCH3 is 1. The van der Waals surface area contributed by atoms with E-state index in [1.54, 1.807) is 46.8 Å². The van der Waals surface area contributed by atoms with Crippen molar-refractivity contribution < 1.29 is 9.13 Å². The summed E-state index contributed by atoms with van der Waals surface area (Å²) >= 11 is 0. The van der Waals surface area contributed by atoms with Crippen molar-refractivity contribution in [3.8, 4) is 17.0 Å². The van der Waals surface area contributed by atoms with Gasteiger partial charge < -0.3 is 9.30 Å². The molecule has 0 saturated heterocycles. The van der Waals surface area contributed by atoms with E-state index in [9.17, 15) is 9.18 Å². The van der Waals surface area contributed by atoms with Crippen molar-refractivity contribution >= 4 is 5.52 Å². The molecule has 0 atom stereocenters. The highest BCUT2D eigenvalue weighted by Gasteiger charge is 2.10. The quantitative estimate of drug-likeness (QED) is 0.568. The first-order chi connectivity index (χ1) is 12.6. The third-order valence-electron chi connectivity index (χ3n) is 4.23. The maximum Gasteiger partial charge on any atom is 0.276 e. The van der Waals surface area contributed by atoms with Crippen LogP contribution in [0.4, 0.5) is 4.39 Å². The van der Waals surface area contributed by atoms with Gasteiger partial charge in [-0.25, -0.2) is 8.91 Å². The highest BCUT2D eigenvalue weighted by Crippen LogP contribution is 2.21. The largest absolute Gasteiger partial charge is 0.497 e. The van der Waals surface area contributed by atoms with E-state index in [1.165, 1.54) is 12.1 Å². The number of nitrogens with zero attached hydrogens (tertiary/aromatic N) is 3. The molecule has 0 fully saturated rings. The monoisotopic (exact) mass is 349 g/mol. The van der Waals surface area contributed by atoms with Crippen LogP contribution in [-0.2, 0) is 6.54 Å². The van der Waals surface area contributed by atoms with Crippen molar-refractivity contribution in [2.24, 2.45) is 0 Å². The Labute approximate surface area is 148 Å². The van der Waals surface area contributed by atoms with Gasteiger partial charge in [0.1, 0.15) is 17.1 Å². The Hall–Kier alpha value is -3.41. The van der Waals surface area contributed by atoms with Gasteiger partial charge in [0.05, 0.1) is 19.3 Å². The van der Waals surface area contributed by atoms with Crippen LogP contribution in [0.5, 0.6) is 5.75 Å². The lowest BCUT2D eigenvalue weighted by molar-refractivity contribution is 0.415. The summed E-state index contributed by atoms with van der Waals surface area (Å²) in [7, 11) is 1.61. The second kappa shape index (κ2) is 6.48. The van der Waals surface area contributed by atoms with Crippen LogP contribution in [0.15, 0.2) is 71.8 Å². The van der Waals surface area contributed by atoms with Crippen LogP contribution in [0.2, 0.25) is 0 Å². The summed E-state index contributed by atoms with van der Waals surface area (Å²) in [4.78, 5) is 12.8. The lowest BCUT2D eigenvalue weighted by atomic mass is 10.1. The number of rotatable bonds is 4. The van der Waals surface area contributed by atoms with E-state index in [4.69, 9.17) is 4.74 Å². The summed E-state index contributed by atoms with van der Waals surface area (Å²) in [5, 5.41) is 4.46. The first kappa shape index (κ1) is 16.1. The van der Waals surface area contributed by atoms with Crippen LogP contribution in [0.1, 0.15) is 5.56 Å². The highest BCUT2D eigenvalue weighted by molar-refractivity contribution is 5.66. The van der Waals surface area contributed by atoms with Crippen LogP contribution in [0, 0.1) is 5.82 Å². The van der Waals surface area contributed by atoms with Crippen LogP contribution < -0.4 is 10.3 Å². The Morgan fingerprint density at radius 1 is 1.08 bits per heavy atom. The second-order valence-corrected chi connectivity index (χ2v) is 5.95. The molecule has 0 aliphatic heterocycles. The molecule has 5 nitrogen and oxygen atoms in total. The summed E-state index contributed by atoms with van der Waals surface area (Å²) < 4.78 is 21.6. The SMILES string of the molecule is COc1ccc(-c2cc3c(=O)n(Cc4cccc(F)c4)ccn3n2)cc1. The number of halogens is 1. The molecule has 0 spiro atoms. The Morgan fingerprint density at radius 3 is 2.62 bits per heavy atom. The molecule has 0 saturated carbocycles. The lowest BCUT2D eigenvalue weighted by Gasteiger charge is -2.06. The minimum Gasteiger partial charge on any atom is -0.497 e. The van der Waals surface area contributed by atoms with Gasteiger partial charge in [-0.2, -0.15) is 5.10 Å². The number of hydrogen-bond donors (Lipinski definition) is 0. The molecular weight excluding hydrogens is 333 g/mol. The van der Waals surface area contributed by atoms with Crippen molar-refractivity contribution in [2.45, 2.75) is 6.54 Å². The smallest absolute Gasteiger partial charge is 0.276 e. The molecule has 0 N–H and O–H groups in total. The molecule has 26 heavy (non-hydrogen) atoms. The third kappa shape index (κ3) is 2.97. The van der Waals surface area contributed by atoms with Gasteiger partial charge in [-0.1, -0.05) is 12.1 Å². The number of ether oxygens (including phenoxy) is 1. The van der Waals surface area contributed by atoms with Crippen molar-refractivity contribution in [3.63, 3.8) is 0 Å². The van der Waals surface area contributed by atoms with E-state index in [-0.39, 0.29) is 11.4 Å². The molecule has 2 aromatic carbocycles. The molecule has 4 aromatic rings. The Kier molecular flexibility index (Phi) is 4.01. The third-order valence-corrected chi connectivity index (χ3v) is 4.23. The van der Waals surface area contributed by atoms with Gasteiger partial charge in [0, 0.05) is 18.0 Å².